The number of hydrogen-bond acceptors (Lipinski definition) is 5. The van der Waals surface area contributed by atoms with Crippen molar-refractivity contribution in [1.29, 1.82) is 0 Å². The van der Waals surface area contributed by atoms with E-state index in [0.29, 0.717) is 12.2 Å². The van der Waals surface area contributed by atoms with Crippen LogP contribution >= 0.6 is 0 Å². The fraction of sp³-hybridized carbons (Fsp3) is 0.579. The van der Waals surface area contributed by atoms with E-state index in [9.17, 15) is 23.1 Å². The largest absolute Gasteiger partial charge is 0.479 e. The number of ether oxygens (including phenoxy) is 1. The van der Waals surface area contributed by atoms with Crippen molar-refractivity contribution < 1.29 is 27.9 Å². The fourth-order valence-corrected chi connectivity index (χ4v) is 4.37. The number of hydrogen-bond donors (Lipinski definition) is 2. The van der Waals surface area contributed by atoms with Crippen LogP contribution in [-0.4, -0.2) is 49.4 Å². The van der Waals surface area contributed by atoms with Gasteiger partial charge in [0.25, 0.3) is 0 Å². The molecule has 1 aliphatic carbocycles. The Kier molecular flexibility index (Phi) is 6.01. The number of nitrogens with one attached hydrogen (secondary N) is 1. The standard InChI is InChI=1S/C19H27NO6S/c1-5-26-15-12-19(17(22)23,18(15,3)4)20-16(21)11-13-7-9-14(10-8-13)27(24,25)6-2/h7-10,15H,5-6,11-12H2,1-4H3,(H,20,21)(H,22,23). The van der Waals surface area contributed by atoms with Crippen molar-refractivity contribution in [1.82, 2.24) is 5.32 Å². The minimum Gasteiger partial charge on any atom is -0.479 e. The molecule has 0 aromatic heterocycles. The number of carbonyl (C=O) groups is 2. The van der Waals surface area contributed by atoms with Crippen molar-refractivity contribution in [2.45, 2.75) is 57.1 Å². The maximum absolute atomic E-state index is 12.5. The van der Waals surface area contributed by atoms with Gasteiger partial charge >= 0.3 is 5.97 Å². The van der Waals surface area contributed by atoms with Gasteiger partial charge in [-0.15, -0.1) is 0 Å². The molecule has 1 aromatic rings. The van der Waals surface area contributed by atoms with E-state index >= 15 is 0 Å². The molecule has 8 heteroatoms. The van der Waals surface area contributed by atoms with E-state index in [0.717, 1.165) is 0 Å². The van der Waals surface area contributed by atoms with Crippen LogP contribution in [0.15, 0.2) is 29.2 Å². The van der Waals surface area contributed by atoms with Gasteiger partial charge in [0.2, 0.25) is 5.91 Å². The van der Waals surface area contributed by atoms with Gasteiger partial charge in [0.15, 0.2) is 9.84 Å². The summed E-state index contributed by atoms with van der Waals surface area (Å²) in [5.41, 5.74) is -1.51. The van der Waals surface area contributed by atoms with Crippen LogP contribution in [0.2, 0.25) is 0 Å². The van der Waals surface area contributed by atoms with E-state index in [1.807, 2.05) is 6.92 Å². The average molecular weight is 397 g/mol. The van der Waals surface area contributed by atoms with Crippen LogP contribution in [0, 0.1) is 5.41 Å². The van der Waals surface area contributed by atoms with Crippen LogP contribution in [0.25, 0.3) is 0 Å². The van der Waals surface area contributed by atoms with Crippen LogP contribution in [0.3, 0.4) is 0 Å². The highest BCUT2D eigenvalue weighted by Gasteiger charge is 2.66. The number of carboxylic acid groups (broad SMARTS) is 1. The molecule has 1 saturated carbocycles. The summed E-state index contributed by atoms with van der Waals surface area (Å²) in [4.78, 5) is 24.6. The molecule has 1 amide bonds. The molecule has 1 aromatic carbocycles. The summed E-state index contributed by atoms with van der Waals surface area (Å²) in [6, 6.07) is 6.08. The highest BCUT2D eigenvalue weighted by molar-refractivity contribution is 7.91. The average Bonchev–Trinajstić information content (AvgIpc) is 2.60. The molecule has 0 saturated heterocycles. The lowest BCUT2D eigenvalue weighted by atomic mass is 9.54. The second kappa shape index (κ2) is 7.59. The smallest absolute Gasteiger partial charge is 0.330 e. The Morgan fingerprint density at radius 3 is 2.26 bits per heavy atom. The summed E-state index contributed by atoms with van der Waals surface area (Å²) in [6.45, 7) is 7.44. The first-order valence-corrected chi connectivity index (χ1v) is 10.6. The SMILES string of the molecule is CCOC1CC(NC(=O)Cc2ccc(S(=O)(=O)CC)cc2)(C(=O)O)C1(C)C. The number of sulfone groups is 1. The lowest BCUT2D eigenvalue weighted by Gasteiger charge is -2.58. The van der Waals surface area contributed by atoms with Gasteiger partial charge in [0.1, 0.15) is 5.54 Å². The third-order valence-electron chi connectivity index (χ3n) is 5.51. The predicted molar refractivity (Wildman–Crippen MR) is 100 cm³/mol. The van der Waals surface area contributed by atoms with Gasteiger partial charge in [-0.25, -0.2) is 13.2 Å². The summed E-state index contributed by atoms with van der Waals surface area (Å²) in [6.07, 6.45) is -0.0585. The van der Waals surface area contributed by atoms with Gasteiger partial charge in [-0.05, 0) is 24.6 Å². The quantitative estimate of drug-likeness (QED) is 0.692. The number of benzene rings is 1. The Balaban J connectivity index is 2.11. The van der Waals surface area contributed by atoms with Crippen molar-refractivity contribution in [2.75, 3.05) is 12.4 Å². The van der Waals surface area contributed by atoms with Crippen molar-refractivity contribution in [3.8, 4) is 0 Å². The lowest BCUT2D eigenvalue weighted by molar-refractivity contribution is -0.194. The first-order chi connectivity index (χ1) is 12.5. The van der Waals surface area contributed by atoms with Crippen molar-refractivity contribution in [2.24, 2.45) is 5.41 Å². The molecule has 150 valence electrons. The molecule has 2 unspecified atom stereocenters. The first kappa shape index (κ1) is 21.4. The number of rotatable bonds is 8. The predicted octanol–water partition coefficient (Wildman–Crippen LogP) is 1.80. The lowest BCUT2D eigenvalue weighted by Crippen LogP contribution is -2.76. The second-order valence-corrected chi connectivity index (χ2v) is 9.63. The Morgan fingerprint density at radius 2 is 1.81 bits per heavy atom. The van der Waals surface area contributed by atoms with E-state index in [1.165, 1.54) is 12.1 Å². The molecule has 0 heterocycles. The van der Waals surface area contributed by atoms with Gasteiger partial charge in [0.05, 0.1) is 23.2 Å². The van der Waals surface area contributed by atoms with E-state index in [2.05, 4.69) is 5.32 Å². The fourth-order valence-electron chi connectivity index (χ4n) is 3.49. The van der Waals surface area contributed by atoms with Crippen LogP contribution < -0.4 is 5.32 Å². The van der Waals surface area contributed by atoms with E-state index in [4.69, 9.17) is 4.74 Å². The zero-order chi connectivity index (χ0) is 20.5. The Labute approximate surface area is 160 Å². The number of carboxylic acids is 1. The molecule has 2 atom stereocenters. The molecule has 0 radical (unpaired) electrons. The van der Waals surface area contributed by atoms with Crippen molar-refractivity contribution in [3.05, 3.63) is 29.8 Å². The molecule has 2 rings (SSSR count). The number of carbonyl (C=O) groups excluding carboxylic acids is 1. The van der Waals surface area contributed by atoms with Gasteiger partial charge in [-0.3, -0.25) is 4.79 Å². The topological polar surface area (TPSA) is 110 Å². The monoisotopic (exact) mass is 397 g/mol. The Hall–Kier alpha value is -1.93. The molecular weight excluding hydrogens is 370 g/mol. The normalized spacial score (nSPS) is 24.1. The summed E-state index contributed by atoms with van der Waals surface area (Å²) in [5.74, 6) is -1.50. The Bertz CT molecular complexity index is 815. The highest BCUT2D eigenvalue weighted by atomic mass is 32.2. The highest BCUT2D eigenvalue weighted by Crippen LogP contribution is 2.51. The first-order valence-electron chi connectivity index (χ1n) is 8.98. The number of aliphatic carboxylic acids is 1. The van der Waals surface area contributed by atoms with E-state index in [-0.39, 0.29) is 29.6 Å². The minimum absolute atomic E-state index is 0.00401. The summed E-state index contributed by atoms with van der Waals surface area (Å²) in [5, 5.41) is 12.4. The zero-order valence-corrected chi connectivity index (χ0v) is 16.9. The third-order valence-corrected chi connectivity index (χ3v) is 7.26. The maximum Gasteiger partial charge on any atom is 0.330 e. The molecule has 7 nitrogen and oxygen atoms in total. The second-order valence-electron chi connectivity index (χ2n) is 7.35. The molecule has 0 spiro atoms. The summed E-state index contributed by atoms with van der Waals surface area (Å²) >= 11 is 0. The Morgan fingerprint density at radius 1 is 1.22 bits per heavy atom. The van der Waals surface area contributed by atoms with Gasteiger partial charge in [0, 0.05) is 18.4 Å². The van der Waals surface area contributed by atoms with Crippen LogP contribution in [-0.2, 0) is 30.6 Å². The van der Waals surface area contributed by atoms with Crippen LogP contribution in [0.4, 0.5) is 0 Å². The van der Waals surface area contributed by atoms with Crippen LogP contribution in [0.1, 0.15) is 39.7 Å². The number of amides is 1. The van der Waals surface area contributed by atoms with Gasteiger partial charge in [-0.1, -0.05) is 32.9 Å². The maximum atomic E-state index is 12.5. The third kappa shape index (κ3) is 3.87. The molecule has 0 aliphatic heterocycles. The molecule has 27 heavy (non-hydrogen) atoms. The summed E-state index contributed by atoms with van der Waals surface area (Å²) in [7, 11) is -3.30. The van der Waals surface area contributed by atoms with Gasteiger partial charge < -0.3 is 15.2 Å². The van der Waals surface area contributed by atoms with Crippen molar-refractivity contribution >= 4 is 21.7 Å². The van der Waals surface area contributed by atoms with Gasteiger partial charge in [-0.2, -0.15) is 0 Å². The van der Waals surface area contributed by atoms with Crippen molar-refractivity contribution in [3.63, 3.8) is 0 Å². The zero-order valence-electron chi connectivity index (χ0n) is 16.1. The minimum atomic E-state index is -3.30. The van der Waals surface area contributed by atoms with E-state index < -0.39 is 32.7 Å². The molecule has 2 N–H and O–H groups in total. The molecular formula is C19H27NO6S. The summed E-state index contributed by atoms with van der Waals surface area (Å²) < 4.78 is 29.3. The molecule has 1 fully saturated rings. The molecule has 0 bridgehead atoms. The van der Waals surface area contributed by atoms with E-state index in [1.54, 1.807) is 32.9 Å². The van der Waals surface area contributed by atoms with Crippen LogP contribution in [0.5, 0.6) is 0 Å². The molecule has 1 aliphatic rings.